The van der Waals surface area contributed by atoms with Gasteiger partial charge in [-0.05, 0) is 57.3 Å². The molecule has 0 fully saturated rings. The minimum Gasteiger partial charge on any atom is -0.133 e. The Morgan fingerprint density at radius 2 is 0.690 bits per heavy atom. The van der Waals surface area contributed by atoms with Crippen molar-refractivity contribution in [2.45, 2.75) is 52.4 Å². The summed E-state index contributed by atoms with van der Waals surface area (Å²) in [7, 11) is 0. The van der Waals surface area contributed by atoms with Crippen molar-refractivity contribution in [3.05, 3.63) is 83.9 Å². The summed E-state index contributed by atoms with van der Waals surface area (Å²) in [6.07, 6.45) is 0. The first-order valence-electron chi connectivity index (χ1n) is 14.2. The first-order chi connectivity index (χ1) is 20.0. The van der Waals surface area contributed by atoms with Crippen LogP contribution in [0.1, 0.15) is 52.7 Å². The maximum Gasteiger partial charge on any atom is 0.0636 e. The van der Waals surface area contributed by atoms with E-state index in [0.717, 1.165) is 0 Å². The van der Waals surface area contributed by atoms with E-state index in [4.69, 9.17) is 0 Å². The summed E-state index contributed by atoms with van der Waals surface area (Å²) in [5, 5.41) is 0. The standard InChI is InChI=1S/C36H30S6/c1-35(2,3)21-13-9-7-11-19(21)23-15-27-31(39-23)33-29(37-27)17-25(41-33)26-18-30-34(42-26)32-28(38-30)16-24(40-32)20-12-8-10-14-22(20)36(4,5)6/h7-18H,1-6H3. The van der Waals surface area contributed by atoms with Gasteiger partial charge in [-0.1, -0.05) is 90.1 Å². The fraction of sp³-hybridized carbons (Fsp3) is 0.222. The van der Waals surface area contributed by atoms with Crippen LogP contribution in [0.3, 0.4) is 0 Å². The highest BCUT2D eigenvalue weighted by Gasteiger charge is 2.23. The van der Waals surface area contributed by atoms with Gasteiger partial charge in [0.15, 0.2) is 0 Å². The SMILES string of the molecule is CC(C)(C)c1ccccc1-c1cc2sc3cc(-c4cc5sc6cc(-c7ccccc7C(C)(C)C)sc6c5s4)sc3c2s1. The van der Waals surface area contributed by atoms with Crippen LogP contribution in [0.25, 0.3) is 68.2 Å². The van der Waals surface area contributed by atoms with Crippen LogP contribution in [0.15, 0.2) is 72.8 Å². The van der Waals surface area contributed by atoms with Gasteiger partial charge in [-0.2, -0.15) is 0 Å². The van der Waals surface area contributed by atoms with Gasteiger partial charge in [0.1, 0.15) is 0 Å². The molecule has 2 aromatic carbocycles. The lowest BCUT2D eigenvalue weighted by atomic mass is 9.83. The van der Waals surface area contributed by atoms with Crippen molar-refractivity contribution in [3.63, 3.8) is 0 Å². The molecule has 0 amide bonds. The monoisotopic (exact) mass is 654 g/mol. The minimum absolute atomic E-state index is 0.121. The zero-order valence-electron chi connectivity index (χ0n) is 24.4. The Labute approximate surface area is 270 Å². The molecule has 0 aliphatic heterocycles. The Kier molecular flexibility index (Phi) is 6.22. The molecule has 0 atom stereocenters. The molecule has 0 unspecified atom stereocenters. The van der Waals surface area contributed by atoms with Crippen LogP contribution in [0.5, 0.6) is 0 Å². The maximum atomic E-state index is 2.44. The van der Waals surface area contributed by atoms with Crippen molar-refractivity contribution in [1.82, 2.24) is 0 Å². The predicted molar refractivity (Wildman–Crippen MR) is 197 cm³/mol. The first kappa shape index (κ1) is 27.2. The van der Waals surface area contributed by atoms with Gasteiger partial charge in [0.2, 0.25) is 0 Å². The number of rotatable bonds is 3. The molecule has 6 heterocycles. The van der Waals surface area contributed by atoms with Gasteiger partial charge in [-0.3, -0.25) is 0 Å². The molecule has 0 bridgehead atoms. The molecule has 0 saturated carbocycles. The molecule has 8 rings (SSSR count). The molecule has 210 valence electrons. The summed E-state index contributed by atoms with van der Waals surface area (Å²) in [4.78, 5) is 5.58. The van der Waals surface area contributed by atoms with Crippen molar-refractivity contribution >= 4 is 106 Å². The molecule has 6 heteroatoms. The van der Waals surface area contributed by atoms with Crippen LogP contribution in [-0.4, -0.2) is 0 Å². The Balaban J connectivity index is 1.18. The Hall–Kier alpha value is -2.32. The highest BCUT2D eigenvalue weighted by atomic mass is 32.1. The van der Waals surface area contributed by atoms with E-state index in [1.807, 2.05) is 68.0 Å². The molecule has 0 N–H and O–H groups in total. The van der Waals surface area contributed by atoms with Crippen molar-refractivity contribution in [2.75, 3.05) is 0 Å². The van der Waals surface area contributed by atoms with E-state index >= 15 is 0 Å². The average Bonchev–Trinajstić information content (AvgIpc) is 3.75. The second-order valence-electron chi connectivity index (χ2n) is 13.0. The molecule has 0 saturated heterocycles. The first-order valence-corrected chi connectivity index (χ1v) is 19.1. The normalized spacial score (nSPS) is 13.0. The Morgan fingerprint density at radius 1 is 0.381 bits per heavy atom. The van der Waals surface area contributed by atoms with E-state index in [0.29, 0.717) is 0 Å². The van der Waals surface area contributed by atoms with Gasteiger partial charge in [0.25, 0.3) is 0 Å². The zero-order valence-corrected chi connectivity index (χ0v) is 29.3. The van der Waals surface area contributed by atoms with Gasteiger partial charge in [-0.15, -0.1) is 68.0 Å². The van der Waals surface area contributed by atoms with Crippen molar-refractivity contribution in [1.29, 1.82) is 0 Å². The quantitative estimate of drug-likeness (QED) is 0.178. The largest absolute Gasteiger partial charge is 0.133 e. The molecule has 0 aliphatic carbocycles. The van der Waals surface area contributed by atoms with E-state index < -0.39 is 0 Å². The van der Waals surface area contributed by atoms with Crippen molar-refractivity contribution < 1.29 is 0 Å². The van der Waals surface area contributed by atoms with Gasteiger partial charge in [-0.25, -0.2) is 0 Å². The molecule has 6 aromatic heterocycles. The third-order valence-electron chi connectivity index (χ3n) is 7.89. The topological polar surface area (TPSA) is 0 Å². The summed E-state index contributed by atoms with van der Waals surface area (Å²) in [6.45, 7) is 13.9. The molecule has 8 aromatic rings. The second kappa shape index (κ2) is 9.59. The van der Waals surface area contributed by atoms with E-state index in [1.165, 1.54) is 79.4 Å². The predicted octanol–water partition coefficient (Wildman–Crippen LogP) is 14.3. The molecule has 0 aliphatic rings. The summed E-state index contributed by atoms with van der Waals surface area (Å²) in [5.41, 5.74) is 5.85. The zero-order chi connectivity index (χ0) is 29.0. The van der Waals surface area contributed by atoms with Gasteiger partial charge >= 0.3 is 0 Å². The van der Waals surface area contributed by atoms with Crippen LogP contribution in [-0.2, 0) is 10.8 Å². The van der Waals surface area contributed by atoms with Crippen LogP contribution in [0, 0.1) is 0 Å². The fourth-order valence-electron chi connectivity index (χ4n) is 5.88. The van der Waals surface area contributed by atoms with Crippen LogP contribution < -0.4 is 0 Å². The number of hydrogen-bond acceptors (Lipinski definition) is 6. The molecular weight excluding hydrogens is 625 g/mol. The lowest BCUT2D eigenvalue weighted by Crippen LogP contribution is -2.12. The van der Waals surface area contributed by atoms with E-state index in [-0.39, 0.29) is 10.8 Å². The van der Waals surface area contributed by atoms with Crippen LogP contribution in [0.2, 0.25) is 0 Å². The number of thiophene rings is 6. The number of hydrogen-bond donors (Lipinski definition) is 0. The second-order valence-corrected chi connectivity index (χ2v) is 19.4. The third-order valence-corrected chi connectivity index (χ3v) is 15.7. The lowest BCUT2D eigenvalue weighted by molar-refractivity contribution is 0.592. The maximum absolute atomic E-state index is 2.44. The Bertz CT molecular complexity index is 2110. The van der Waals surface area contributed by atoms with Crippen LogP contribution >= 0.6 is 68.0 Å². The molecular formula is C36H30S6. The Morgan fingerprint density at radius 3 is 1.05 bits per heavy atom. The summed E-state index contributed by atoms with van der Waals surface area (Å²) in [6, 6.07) is 27.6. The highest BCUT2D eigenvalue weighted by Crippen LogP contribution is 2.53. The molecule has 0 spiro atoms. The lowest BCUT2D eigenvalue weighted by Gasteiger charge is -2.22. The highest BCUT2D eigenvalue weighted by molar-refractivity contribution is 7.42. The summed E-state index contributed by atoms with van der Waals surface area (Å²) >= 11 is 11.8. The fourth-order valence-corrected chi connectivity index (χ4v) is 14.1. The van der Waals surface area contributed by atoms with Crippen molar-refractivity contribution in [2.24, 2.45) is 0 Å². The van der Waals surface area contributed by atoms with E-state index in [1.54, 1.807) is 0 Å². The average molecular weight is 655 g/mol. The van der Waals surface area contributed by atoms with Gasteiger partial charge in [0, 0.05) is 38.3 Å². The van der Waals surface area contributed by atoms with Crippen molar-refractivity contribution in [3.8, 4) is 30.6 Å². The van der Waals surface area contributed by atoms with E-state index in [2.05, 4.69) is 114 Å². The van der Waals surface area contributed by atoms with E-state index in [9.17, 15) is 0 Å². The summed E-state index contributed by atoms with van der Waals surface area (Å²) in [5.74, 6) is 0. The molecule has 42 heavy (non-hydrogen) atoms. The third kappa shape index (κ3) is 4.37. The molecule has 0 radical (unpaired) electrons. The van der Waals surface area contributed by atoms with Gasteiger partial charge in [0.05, 0.1) is 18.8 Å². The number of fused-ring (bicyclic) bond motifs is 6. The van der Waals surface area contributed by atoms with Crippen LogP contribution in [0.4, 0.5) is 0 Å². The van der Waals surface area contributed by atoms with Gasteiger partial charge < -0.3 is 0 Å². The number of benzene rings is 2. The molecule has 0 nitrogen and oxygen atoms in total. The smallest absolute Gasteiger partial charge is 0.0636 e. The minimum atomic E-state index is 0.121. The summed E-state index contributed by atoms with van der Waals surface area (Å²) < 4.78 is 11.5.